The average molecular weight is 172 g/mol. The average Bonchev–Trinajstić information content (AvgIpc) is 2.42. The fourth-order valence-corrected chi connectivity index (χ4v) is 1.50. The number of carbonyl (C=O) groups excluding carboxylic acids is 2. The Labute approximate surface area is 75.9 Å². The van der Waals surface area contributed by atoms with Crippen LogP contribution < -0.4 is 0 Å². The summed E-state index contributed by atoms with van der Waals surface area (Å²) in [5.74, 6) is -0.153. The first kappa shape index (κ1) is 7.92. The Hall–Kier alpha value is -1.70. The molecule has 0 heterocycles. The number of benzene rings is 1. The van der Waals surface area contributed by atoms with Gasteiger partial charge in [0.15, 0.2) is 11.6 Å². The van der Waals surface area contributed by atoms with E-state index in [-0.39, 0.29) is 18.0 Å². The monoisotopic (exact) mass is 172 g/mol. The third kappa shape index (κ3) is 1.11. The van der Waals surface area contributed by atoms with E-state index in [1.54, 1.807) is 24.3 Å². The van der Waals surface area contributed by atoms with E-state index >= 15 is 0 Å². The molecular weight excluding hydrogens is 164 g/mol. The van der Waals surface area contributed by atoms with E-state index in [1.807, 2.05) is 0 Å². The molecule has 0 aromatic heterocycles. The van der Waals surface area contributed by atoms with Crippen LogP contribution in [-0.4, -0.2) is 11.6 Å². The molecule has 13 heavy (non-hydrogen) atoms. The smallest absolute Gasteiger partial charge is 0.171 e. The molecule has 0 atom stereocenters. The Morgan fingerprint density at radius 2 is 1.85 bits per heavy atom. The molecule has 0 radical (unpaired) electrons. The van der Waals surface area contributed by atoms with Crippen LogP contribution in [0.1, 0.15) is 32.7 Å². The van der Waals surface area contributed by atoms with Gasteiger partial charge in [-0.1, -0.05) is 24.8 Å². The molecule has 0 saturated carbocycles. The van der Waals surface area contributed by atoms with Gasteiger partial charge in [0.1, 0.15) is 0 Å². The van der Waals surface area contributed by atoms with E-state index in [2.05, 4.69) is 6.58 Å². The van der Waals surface area contributed by atoms with Crippen LogP contribution >= 0.6 is 0 Å². The molecule has 0 fully saturated rings. The van der Waals surface area contributed by atoms with Crippen molar-refractivity contribution >= 4 is 17.6 Å². The minimum atomic E-state index is -0.0799. The van der Waals surface area contributed by atoms with Gasteiger partial charge in [0.05, 0.1) is 6.42 Å². The third-order valence-corrected chi connectivity index (χ3v) is 2.20. The summed E-state index contributed by atoms with van der Waals surface area (Å²) in [6, 6.07) is 5.21. The maximum atomic E-state index is 11.3. The minimum Gasteiger partial charge on any atom is -0.294 e. The highest BCUT2D eigenvalue weighted by Crippen LogP contribution is 2.23. The fraction of sp³-hybridized carbons (Fsp3) is 0.0909. The largest absolute Gasteiger partial charge is 0.294 e. The van der Waals surface area contributed by atoms with Gasteiger partial charge in [0.25, 0.3) is 0 Å². The first-order chi connectivity index (χ1) is 6.22. The second-order valence-corrected chi connectivity index (χ2v) is 3.03. The molecule has 0 saturated heterocycles. The number of hydrogen-bond donors (Lipinski definition) is 0. The molecule has 0 spiro atoms. The number of rotatable bonds is 1. The SMILES string of the molecule is C=Cc1ccc2c(c1)C(=O)CC2=O. The number of hydrogen-bond acceptors (Lipinski definition) is 2. The highest BCUT2D eigenvalue weighted by atomic mass is 16.2. The van der Waals surface area contributed by atoms with E-state index in [4.69, 9.17) is 0 Å². The van der Waals surface area contributed by atoms with Crippen LogP contribution in [0.25, 0.3) is 6.08 Å². The van der Waals surface area contributed by atoms with E-state index in [0.717, 1.165) is 5.56 Å². The van der Waals surface area contributed by atoms with Crippen molar-refractivity contribution in [1.82, 2.24) is 0 Å². The lowest BCUT2D eigenvalue weighted by molar-refractivity contribution is 0.0923. The minimum absolute atomic E-state index is 0.0237. The zero-order valence-corrected chi connectivity index (χ0v) is 7.04. The highest BCUT2D eigenvalue weighted by molar-refractivity contribution is 6.24. The Kier molecular flexibility index (Phi) is 1.62. The summed E-state index contributed by atoms with van der Waals surface area (Å²) in [5.41, 5.74) is 1.97. The van der Waals surface area contributed by atoms with Crippen LogP contribution in [-0.2, 0) is 0 Å². The van der Waals surface area contributed by atoms with Crippen molar-refractivity contribution in [3.63, 3.8) is 0 Å². The van der Waals surface area contributed by atoms with Crippen molar-refractivity contribution in [2.45, 2.75) is 6.42 Å². The van der Waals surface area contributed by atoms with Crippen molar-refractivity contribution in [2.24, 2.45) is 0 Å². The summed E-state index contributed by atoms with van der Waals surface area (Å²) >= 11 is 0. The Morgan fingerprint density at radius 3 is 2.54 bits per heavy atom. The molecule has 64 valence electrons. The number of carbonyl (C=O) groups is 2. The van der Waals surface area contributed by atoms with Crippen molar-refractivity contribution in [3.8, 4) is 0 Å². The van der Waals surface area contributed by atoms with Crippen molar-refractivity contribution in [1.29, 1.82) is 0 Å². The third-order valence-electron chi connectivity index (χ3n) is 2.20. The number of ketones is 2. The predicted molar refractivity (Wildman–Crippen MR) is 49.8 cm³/mol. The van der Waals surface area contributed by atoms with Crippen molar-refractivity contribution < 1.29 is 9.59 Å². The zero-order chi connectivity index (χ0) is 9.42. The highest BCUT2D eigenvalue weighted by Gasteiger charge is 2.26. The lowest BCUT2D eigenvalue weighted by Gasteiger charge is -1.97. The molecule has 1 aromatic carbocycles. The second kappa shape index (κ2) is 2.66. The molecule has 0 amide bonds. The molecule has 0 bridgehead atoms. The molecule has 0 unspecified atom stereocenters. The van der Waals surface area contributed by atoms with Gasteiger partial charge in [-0.2, -0.15) is 0 Å². The molecule has 1 aliphatic rings. The van der Waals surface area contributed by atoms with E-state index < -0.39 is 0 Å². The molecule has 2 nitrogen and oxygen atoms in total. The van der Waals surface area contributed by atoms with Crippen LogP contribution in [0, 0.1) is 0 Å². The van der Waals surface area contributed by atoms with Gasteiger partial charge in [-0.3, -0.25) is 9.59 Å². The number of fused-ring (bicyclic) bond motifs is 1. The summed E-state index contributed by atoms with van der Waals surface area (Å²) in [6.07, 6.45) is 1.69. The van der Waals surface area contributed by atoms with Gasteiger partial charge in [-0.05, 0) is 11.6 Å². The van der Waals surface area contributed by atoms with Gasteiger partial charge >= 0.3 is 0 Å². The van der Waals surface area contributed by atoms with Crippen LogP contribution in [0.5, 0.6) is 0 Å². The van der Waals surface area contributed by atoms with E-state index in [9.17, 15) is 9.59 Å². The van der Waals surface area contributed by atoms with Gasteiger partial charge in [-0.15, -0.1) is 0 Å². The van der Waals surface area contributed by atoms with Crippen LogP contribution in [0.15, 0.2) is 24.8 Å². The molecule has 1 aliphatic carbocycles. The van der Waals surface area contributed by atoms with Crippen LogP contribution in [0.3, 0.4) is 0 Å². The molecule has 2 heteroatoms. The predicted octanol–water partition coefficient (Wildman–Crippen LogP) is 2.10. The normalized spacial score (nSPS) is 14.5. The quantitative estimate of drug-likeness (QED) is 0.608. The molecule has 2 rings (SSSR count). The standard InChI is InChI=1S/C11H8O2/c1-2-7-3-4-8-9(5-7)11(13)6-10(8)12/h2-5H,1,6H2. The van der Waals surface area contributed by atoms with Crippen LogP contribution in [0.2, 0.25) is 0 Å². The van der Waals surface area contributed by atoms with Crippen molar-refractivity contribution in [2.75, 3.05) is 0 Å². The maximum absolute atomic E-state index is 11.3. The summed E-state index contributed by atoms with van der Waals surface area (Å²) in [7, 11) is 0. The first-order valence-corrected chi connectivity index (χ1v) is 4.05. The molecule has 0 N–H and O–H groups in total. The fourth-order valence-electron chi connectivity index (χ4n) is 1.50. The van der Waals surface area contributed by atoms with Crippen LogP contribution in [0.4, 0.5) is 0 Å². The molecule has 0 aliphatic heterocycles. The van der Waals surface area contributed by atoms with Gasteiger partial charge in [-0.25, -0.2) is 0 Å². The van der Waals surface area contributed by atoms with Gasteiger partial charge in [0, 0.05) is 11.1 Å². The summed E-state index contributed by atoms with van der Waals surface area (Å²) in [5, 5.41) is 0. The topological polar surface area (TPSA) is 34.1 Å². The summed E-state index contributed by atoms with van der Waals surface area (Å²) in [6.45, 7) is 3.60. The lowest BCUT2D eigenvalue weighted by atomic mass is 10.1. The number of Topliss-reactive ketones (excluding diaryl/α,β-unsaturated/α-hetero) is 2. The second-order valence-electron chi connectivity index (χ2n) is 3.03. The summed E-state index contributed by atoms with van der Waals surface area (Å²) in [4.78, 5) is 22.5. The van der Waals surface area contributed by atoms with Crippen molar-refractivity contribution in [3.05, 3.63) is 41.5 Å². The Balaban J connectivity index is 2.64. The van der Waals surface area contributed by atoms with Gasteiger partial charge in [0.2, 0.25) is 0 Å². The Bertz CT molecular complexity index is 416. The maximum Gasteiger partial charge on any atom is 0.171 e. The molecule has 1 aromatic rings. The molecular formula is C11H8O2. The van der Waals surface area contributed by atoms with E-state index in [1.165, 1.54) is 0 Å². The summed E-state index contributed by atoms with van der Waals surface area (Å²) < 4.78 is 0. The van der Waals surface area contributed by atoms with Gasteiger partial charge < -0.3 is 0 Å². The zero-order valence-electron chi connectivity index (χ0n) is 7.04. The first-order valence-electron chi connectivity index (χ1n) is 4.05. The Morgan fingerprint density at radius 1 is 1.15 bits per heavy atom. The lowest BCUT2D eigenvalue weighted by Crippen LogP contribution is -1.91. The van der Waals surface area contributed by atoms with E-state index in [0.29, 0.717) is 11.1 Å².